The monoisotopic (exact) mass is 330 g/mol. The number of halogens is 1. The largest absolute Gasteiger partial charge is 0.346 e. The number of aromatic nitrogens is 3. The van der Waals surface area contributed by atoms with E-state index in [1.165, 1.54) is 5.56 Å². The third-order valence-corrected chi connectivity index (χ3v) is 3.97. The van der Waals surface area contributed by atoms with E-state index < -0.39 is 0 Å². The SMILES string of the molecule is CNCc1c[nH]c2nc(-c3ccccc3Br)nc(C)c12. The zero-order valence-corrected chi connectivity index (χ0v) is 13.0. The Bertz CT molecular complexity index is 764. The molecular formula is C15H15BrN4. The van der Waals surface area contributed by atoms with Gasteiger partial charge in [-0.05, 0) is 25.6 Å². The number of aromatic amines is 1. The van der Waals surface area contributed by atoms with E-state index >= 15 is 0 Å². The van der Waals surface area contributed by atoms with E-state index in [1.54, 1.807) is 0 Å². The Morgan fingerprint density at radius 2 is 2.05 bits per heavy atom. The summed E-state index contributed by atoms with van der Waals surface area (Å²) in [5.74, 6) is 0.736. The van der Waals surface area contributed by atoms with Crippen LogP contribution in [0, 0.1) is 6.92 Å². The van der Waals surface area contributed by atoms with Crippen molar-refractivity contribution < 1.29 is 0 Å². The fourth-order valence-electron chi connectivity index (χ4n) is 2.38. The van der Waals surface area contributed by atoms with Gasteiger partial charge in [-0.25, -0.2) is 9.97 Å². The van der Waals surface area contributed by atoms with E-state index in [4.69, 9.17) is 0 Å². The van der Waals surface area contributed by atoms with Crippen LogP contribution in [0.4, 0.5) is 0 Å². The van der Waals surface area contributed by atoms with Gasteiger partial charge >= 0.3 is 0 Å². The minimum Gasteiger partial charge on any atom is -0.346 e. The fraction of sp³-hybridized carbons (Fsp3) is 0.200. The molecule has 102 valence electrons. The number of rotatable bonds is 3. The summed E-state index contributed by atoms with van der Waals surface area (Å²) in [6.07, 6.45) is 1.99. The molecule has 0 saturated heterocycles. The minimum atomic E-state index is 0.736. The van der Waals surface area contributed by atoms with Gasteiger partial charge in [0.15, 0.2) is 5.82 Å². The zero-order chi connectivity index (χ0) is 14.1. The van der Waals surface area contributed by atoms with Crippen molar-refractivity contribution in [2.45, 2.75) is 13.5 Å². The molecule has 0 atom stereocenters. The van der Waals surface area contributed by atoms with Gasteiger partial charge in [-0.3, -0.25) is 0 Å². The second kappa shape index (κ2) is 5.34. The van der Waals surface area contributed by atoms with E-state index in [0.717, 1.165) is 39.1 Å². The highest BCUT2D eigenvalue weighted by Gasteiger charge is 2.12. The van der Waals surface area contributed by atoms with Crippen molar-refractivity contribution in [3.8, 4) is 11.4 Å². The smallest absolute Gasteiger partial charge is 0.162 e. The molecule has 0 unspecified atom stereocenters. The number of hydrogen-bond donors (Lipinski definition) is 2. The third-order valence-electron chi connectivity index (χ3n) is 3.28. The standard InChI is InChI=1S/C15H15BrN4/c1-9-13-10(7-17-2)8-18-15(13)20-14(19-9)11-5-3-4-6-12(11)16/h3-6,8,17H,7H2,1-2H3,(H,18,19,20). The second-order valence-electron chi connectivity index (χ2n) is 4.68. The maximum Gasteiger partial charge on any atom is 0.162 e. The predicted octanol–water partition coefficient (Wildman–Crippen LogP) is 3.42. The van der Waals surface area contributed by atoms with Crippen LogP contribution in [-0.4, -0.2) is 22.0 Å². The lowest BCUT2D eigenvalue weighted by atomic mass is 10.1. The van der Waals surface area contributed by atoms with Crippen LogP contribution in [0.2, 0.25) is 0 Å². The average Bonchev–Trinajstić information content (AvgIpc) is 2.83. The number of nitrogens with one attached hydrogen (secondary N) is 2. The molecule has 0 spiro atoms. The van der Waals surface area contributed by atoms with Gasteiger partial charge in [0, 0.05) is 28.2 Å². The summed E-state index contributed by atoms with van der Waals surface area (Å²) in [7, 11) is 1.93. The topological polar surface area (TPSA) is 53.6 Å². The van der Waals surface area contributed by atoms with E-state index in [2.05, 4.69) is 36.2 Å². The molecule has 3 rings (SSSR count). The van der Waals surface area contributed by atoms with Crippen LogP contribution < -0.4 is 5.32 Å². The van der Waals surface area contributed by atoms with E-state index in [-0.39, 0.29) is 0 Å². The quantitative estimate of drug-likeness (QED) is 0.773. The van der Waals surface area contributed by atoms with Gasteiger partial charge in [0.05, 0.1) is 5.69 Å². The number of fused-ring (bicyclic) bond motifs is 1. The van der Waals surface area contributed by atoms with Gasteiger partial charge in [-0.2, -0.15) is 0 Å². The molecule has 1 aromatic carbocycles. The number of H-pyrrole nitrogens is 1. The maximum atomic E-state index is 4.66. The Hall–Kier alpha value is -1.72. The van der Waals surface area contributed by atoms with Crippen LogP contribution in [0.25, 0.3) is 22.4 Å². The Labute approximate surface area is 125 Å². The van der Waals surface area contributed by atoms with Crippen molar-refractivity contribution in [3.63, 3.8) is 0 Å². The summed E-state index contributed by atoms with van der Waals surface area (Å²) in [5, 5.41) is 4.27. The van der Waals surface area contributed by atoms with Crippen molar-refractivity contribution in [2.75, 3.05) is 7.05 Å². The van der Waals surface area contributed by atoms with Crippen molar-refractivity contribution in [2.24, 2.45) is 0 Å². The molecule has 5 heteroatoms. The normalized spacial score (nSPS) is 11.2. The molecule has 0 bridgehead atoms. The summed E-state index contributed by atoms with van der Waals surface area (Å²) >= 11 is 3.55. The fourth-order valence-corrected chi connectivity index (χ4v) is 2.84. The van der Waals surface area contributed by atoms with E-state index in [0.29, 0.717) is 0 Å². The second-order valence-corrected chi connectivity index (χ2v) is 5.53. The van der Waals surface area contributed by atoms with Gasteiger partial charge < -0.3 is 10.3 Å². The lowest BCUT2D eigenvalue weighted by Gasteiger charge is -2.06. The van der Waals surface area contributed by atoms with Gasteiger partial charge in [0.25, 0.3) is 0 Å². The molecule has 0 aliphatic heterocycles. The third kappa shape index (κ3) is 2.23. The first-order chi connectivity index (χ1) is 9.70. The molecule has 0 saturated carbocycles. The molecule has 0 aliphatic rings. The average molecular weight is 331 g/mol. The summed E-state index contributed by atoms with van der Waals surface area (Å²) in [6.45, 7) is 2.83. The maximum absolute atomic E-state index is 4.66. The van der Waals surface area contributed by atoms with Crippen LogP contribution in [0.15, 0.2) is 34.9 Å². The van der Waals surface area contributed by atoms with Crippen LogP contribution in [0.5, 0.6) is 0 Å². The molecule has 0 aliphatic carbocycles. The Kier molecular flexibility index (Phi) is 3.54. The predicted molar refractivity (Wildman–Crippen MR) is 84.5 cm³/mol. The number of hydrogen-bond acceptors (Lipinski definition) is 3. The number of benzene rings is 1. The van der Waals surface area contributed by atoms with Gasteiger partial charge in [0.1, 0.15) is 5.65 Å². The number of nitrogens with zero attached hydrogens (tertiary/aromatic N) is 2. The highest BCUT2D eigenvalue weighted by atomic mass is 79.9. The van der Waals surface area contributed by atoms with Crippen molar-refractivity contribution in [1.82, 2.24) is 20.3 Å². The Balaban J connectivity index is 2.19. The Morgan fingerprint density at radius 1 is 1.25 bits per heavy atom. The molecular weight excluding hydrogens is 316 g/mol. The lowest BCUT2D eigenvalue weighted by Crippen LogP contribution is -2.05. The summed E-state index contributed by atoms with van der Waals surface area (Å²) in [6, 6.07) is 7.99. The lowest BCUT2D eigenvalue weighted by molar-refractivity contribution is 0.822. The van der Waals surface area contributed by atoms with Crippen LogP contribution in [-0.2, 0) is 6.54 Å². The van der Waals surface area contributed by atoms with E-state index in [1.807, 2.05) is 44.4 Å². The molecule has 20 heavy (non-hydrogen) atoms. The molecule has 0 radical (unpaired) electrons. The molecule has 2 N–H and O–H groups in total. The number of aryl methyl sites for hydroxylation is 1. The van der Waals surface area contributed by atoms with Crippen molar-refractivity contribution in [3.05, 3.63) is 46.2 Å². The van der Waals surface area contributed by atoms with Gasteiger partial charge in [-0.15, -0.1) is 0 Å². The summed E-state index contributed by atoms with van der Waals surface area (Å²) in [5.41, 5.74) is 4.07. The first-order valence-corrected chi connectivity index (χ1v) is 7.24. The van der Waals surface area contributed by atoms with Crippen LogP contribution in [0.3, 0.4) is 0 Å². The van der Waals surface area contributed by atoms with Crippen molar-refractivity contribution >= 4 is 27.0 Å². The first-order valence-electron chi connectivity index (χ1n) is 6.45. The Morgan fingerprint density at radius 3 is 2.80 bits per heavy atom. The van der Waals surface area contributed by atoms with Gasteiger partial charge in [-0.1, -0.05) is 34.1 Å². The highest BCUT2D eigenvalue weighted by Crippen LogP contribution is 2.28. The minimum absolute atomic E-state index is 0.736. The molecule has 0 amide bonds. The summed E-state index contributed by atoms with van der Waals surface area (Å²) in [4.78, 5) is 12.5. The first kappa shape index (κ1) is 13.3. The summed E-state index contributed by atoms with van der Waals surface area (Å²) < 4.78 is 1.00. The highest BCUT2D eigenvalue weighted by molar-refractivity contribution is 9.10. The molecule has 4 nitrogen and oxygen atoms in total. The van der Waals surface area contributed by atoms with E-state index in [9.17, 15) is 0 Å². The molecule has 2 aromatic heterocycles. The zero-order valence-electron chi connectivity index (χ0n) is 11.4. The van der Waals surface area contributed by atoms with Crippen LogP contribution in [0.1, 0.15) is 11.3 Å². The van der Waals surface area contributed by atoms with Gasteiger partial charge in [0.2, 0.25) is 0 Å². The molecule has 3 aromatic rings. The van der Waals surface area contributed by atoms with Crippen molar-refractivity contribution in [1.29, 1.82) is 0 Å². The molecule has 0 fully saturated rings. The molecule has 2 heterocycles. The van der Waals surface area contributed by atoms with Crippen LogP contribution >= 0.6 is 15.9 Å².